The van der Waals surface area contributed by atoms with Gasteiger partial charge in [0.1, 0.15) is 0 Å². The fraction of sp³-hybridized carbons (Fsp3) is 0.167. The van der Waals surface area contributed by atoms with Crippen molar-refractivity contribution in [2.24, 2.45) is 0 Å². The van der Waals surface area contributed by atoms with Crippen molar-refractivity contribution in [3.63, 3.8) is 0 Å². The Morgan fingerprint density at radius 3 is 2.35 bits per heavy atom. The van der Waals surface area contributed by atoms with Crippen molar-refractivity contribution < 1.29 is 0 Å². The van der Waals surface area contributed by atoms with Gasteiger partial charge < -0.3 is 5.32 Å². The minimum absolute atomic E-state index is 1.06. The Balaban J connectivity index is 2.09. The Labute approximate surface area is 119 Å². The highest BCUT2D eigenvalue weighted by molar-refractivity contribution is 5.95. The van der Waals surface area contributed by atoms with Gasteiger partial charge >= 0.3 is 0 Å². The van der Waals surface area contributed by atoms with Gasteiger partial charge in [-0.1, -0.05) is 29.3 Å². The second kappa shape index (κ2) is 4.97. The van der Waals surface area contributed by atoms with Gasteiger partial charge in [-0.15, -0.1) is 0 Å². The van der Waals surface area contributed by atoms with Crippen molar-refractivity contribution in [2.45, 2.75) is 20.8 Å². The van der Waals surface area contributed by atoms with Gasteiger partial charge in [0.2, 0.25) is 0 Å². The molecule has 0 spiro atoms. The average molecular weight is 262 g/mol. The lowest BCUT2D eigenvalue weighted by atomic mass is 10.1. The lowest BCUT2D eigenvalue weighted by Crippen LogP contribution is -1.94. The van der Waals surface area contributed by atoms with E-state index >= 15 is 0 Å². The Morgan fingerprint density at radius 2 is 1.60 bits per heavy atom. The first kappa shape index (κ1) is 12.7. The fourth-order valence-corrected chi connectivity index (χ4v) is 2.51. The van der Waals surface area contributed by atoms with E-state index in [-0.39, 0.29) is 0 Å². The monoisotopic (exact) mass is 262 g/mol. The highest BCUT2D eigenvalue weighted by Gasteiger charge is 2.05. The molecule has 1 aromatic heterocycles. The van der Waals surface area contributed by atoms with E-state index in [0.29, 0.717) is 0 Å². The molecular weight excluding hydrogens is 244 g/mol. The largest absolute Gasteiger partial charge is 0.355 e. The third-order valence-corrected chi connectivity index (χ3v) is 3.51. The summed E-state index contributed by atoms with van der Waals surface area (Å²) in [5, 5.41) is 4.66. The van der Waals surface area contributed by atoms with Crippen LogP contribution in [0.2, 0.25) is 0 Å². The number of pyridine rings is 1. The Bertz CT molecular complexity index is 758. The molecule has 0 aliphatic rings. The minimum Gasteiger partial charge on any atom is -0.355 e. The van der Waals surface area contributed by atoms with Gasteiger partial charge in [0.25, 0.3) is 0 Å². The maximum Gasteiger partial charge on any atom is 0.0752 e. The summed E-state index contributed by atoms with van der Waals surface area (Å²) >= 11 is 0. The maximum atomic E-state index is 4.50. The van der Waals surface area contributed by atoms with Crippen LogP contribution in [0.5, 0.6) is 0 Å². The smallest absolute Gasteiger partial charge is 0.0752 e. The molecule has 1 N–H and O–H groups in total. The molecule has 0 fully saturated rings. The predicted molar refractivity (Wildman–Crippen MR) is 85.7 cm³/mol. The average Bonchev–Trinajstić information content (AvgIpc) is 2.42. The van der Waals surface area contributed by atoms with Gasteiger partial charge in [0, 0.05) is 23.0 Å². The molecule has 0 atom stereocenters. The molecule has 0 saturated carbocycles. The number of benzene rings is 2. The third-order valence-electron chi connectivity index (χ3n) is 3.51. The summed E-state index contributed by atoms with van der Waals surface area (Å²) in [6.07, 6.45) is 1.86. The van der Waals surface area contributed by atoms with Gasteiger partial charge in [-0.2, -0.15) is 0 Å². The molecule has 0 amide bonds. The molecule has 0 aliphatic carbocycles. The van der Waals surface area contributed by atoms with Gasteiger partial charge in [0.15, 0.2) is 0 Å². The molecule has 0 saturated heterocycles. The summed E-state index contributed by atoms with van der Waals surface area (Å²) in [5.74, 6) is 0. The number of nitrogens with one attached hydrogen (secondary N) is 1. The van der Waals surface area contributed by atoms with Crippen LogP contribution in [0.15, 0.2) is 48.7 Å². The maximum absolute atomic E-state index is 4.50. The van der Waals surface area contributed by atoms with E-state index in [1.54, 1.807) is 0 Å². The van der Waals surface area contributed by atoms with E-state index in [4.69, 9.17) is 0 Å². The molecule has 0 aliphatic heterocycles. The molecule has 0 unspecified atom stereocenters. The number of aryl methyl sites for hydroxylation is 3. The lowest BCUT2D eigenvalue weighted by Gasteiger charge is -2.11. The molecule has 1 heterocycles. The van der Waals surface area contributed by atoms with E-state index in [1.165, 1.54) is 22.1 Å². The molecule has 3 rings (SSSR count). The highest BCUT2D eigenvalue weighted by Crippen LogP contribution is 2.28. The van der Waals surface area contributed by atoms with Gasteiger partial charge in [-0.3, -0.25) is 4.98 Å². The van der Waals surface area contributed by atoms with E-state index < -0.39 is 0 Å². The number of nitrogens with zero attached hydrogens (tertiary/aromatic N) is 1. The minimum atomic E-state index is 1.06. The van der Waals surface area contributed by atoms with Crippen LogP contribution >= 0.6 is 0 Å². The van der Waals surface area contributed by atoms with Crippen molar-refractivity contribution in [1.82, 2.24) is 4.98 Å². The summed E-state index contributed by atoms with van der Waals surface area (Å²) in [6, 6.07) is 14.8. The van der Waals surface area contributed by atoms with Crippen molar-refractivity contribution in [2.75, 3.05) is 5.32 Å². The predicted octanol–water partition coefficient (Wildman–Crippen LogP) is 4.90. The van der Waals surface area contributed by atoms with Crippen LogP contribution in [0.25, 0.3) is 10.9 Å². The second-order valence-electron chi connectivity index (χ2n) is 5.33. The van der Waals surface area contributed by atoms with E-state index in [9.17, 15) is 0 Å². The summed E-state index contributed by atoms with van der Waals surface area (Å²) in [7, 11) is 0. The van der Waals surface area contributed by atoms with E-state index in [0.717, 1.165) is 16.9 Å². The molecule has 2 nitrogen and oxygen atoms in total. The van der Waals surface area contributed by atoms with Crippen LogP contribution in [-0.2, 0) is 0 Å². The third kappa shape index (κ3) is 2.37. The first-order chi connectivity index (χ1) is 9.63. The Kier molecular flexibility index (Phi) is 3.15. The number of aromatic nitrogens is 1. The molecule has 2 heteroatoms. The van der Waals surface area contributed by atoms with Gasteiger partial charge in [-0.05, 0) is 50.6 Å². The number of anilines is 2. The molecule has 100 valence electrons. The number of hydrogen-bond acceptors (Lipinski definition) is 2. The molecule has 2 aromatic carbocycles. The van der Waals surface area contributed by atoms with Crippen LogP contribution in [0.4, 0.5) is 11.4 Å². The zero-order valence-electron chi connectivity index (χ0n) is 12.1. The number of fused-ring (bicyclic) bond motifs is 1. The van der Waals surface area contributed by atoms with Crippen molar-refractivity contribution in [3.05, 3.63) is 65.4 Å². The summed E-state index contributed by atoms with van der Waals surface area (Å²) in [5.41, 5.74) is 7.00. The molecule has 0 bridgehead atoms. The van der Waals surface area contributed by atoms with Crippen LogP contribution in [0.3, 0.4) is 0 Å². The van der Waals surface area contributed by atoms with E-state index in [1.807, 2.05) is 12.3 Å². The molecule has 20 heavy (non-hydrogen) atoms. The van der Waals surface area contributed by atoms with Gasteiger partial charge in [0.05, 0.1) is 5.52 Å². The number of rotatable bonds is 2. The summed E-state index contributed by atoms with van der Waals surface area (Å²) < 4.78 is 0. The Hall–Kier alpha value is -2.35. The zero-order chi connectivity index (χ0) is 14.1. The normalized spacial score (nSPS) is 10.8. The SMILES string of the molecule is Cc1ccc(Nc2ccnc3c(C)cc(C)cc23)cc1. The van der Waals surface area contributed by atoms with E-state index in [2.05, 4.69) is 67.5 Å². The Morgan fingerprint density at radius 1 is 0.850 bits per heavy atom. The van der Waals surface area contributed by atoms with Crippen LogP contribution in [0, 0.1) is 20.8 Å². The van der Waals surface area contributed by atoms with Crippen molar-refractivity contribution in [1.29, 1.82) is 0 Å². The van der Waals surface area contributed by atoms with Crippen LogP contribution in [-0.4, -0.2) is 4.98 Å². The first-order valence-electron chi connectivity index (χ1n) is 6.83. The van der Waals surface area contributed by atoms with Crippen LogP contribution in [0.1, 0.15) is 16.7 Å². The standard InChI is InChI=1S/C18H18N2/c1-12-4-6-15(7-5-12)20-17-8-9-19-18-14(3)10-13(2)11-16(17)18/h4-11H,1-3H3,(H,19,20). The van der Waals surface area contributed by atoms with Gasteiger partial charge in [-0.25, -0.2) is 0 Å². The highest BCUT2D eigenvalue weighted by atomic mass is 14.9. The number of hydrogen-bond donors (Lipinski definition) is 1. The summed E-state index contributed by atoms with van der Waals surface area (Å²) in [4.78, 5) is 4.50. The second-order valence-corrected chi connectivity index (χ2v) is 5.33. The first-order valence-corrected chi connectivity index (χ1v) is 6.83. The quantitative estimate of drug-likeness (QED) is 0.710. The summed E-state index contributed by atoms with van der Waals surface area (Å²) in [6.45, 7) is 6.32. The lowest BCUT2D eigenvalue weighted by molar-refractivity contribution is 1.34. The molecule has 0 radical (unpaired) electrons. The van der Waals surface area contributed by atoms with Crippen molar-refractivity contribution >= 4 is 22.3 Å². The topological polar surface area (TPSA) is 24.9 Å². The zero-order valence-corrected chi connectivity index (χ0v) is 12.1. The van der Waals surface area contributed by atoms with Crippen LogP contribution < -0.4 is 5.32 Å². The van der Waals surface area contributed by atoms with Crippen molar-refractivity contribution in [3.8, 4) is 0 Å². The molecular formula is C18H18N2. The molecule has 3 aromatic rings. The fourth-order valence-electron chi connectivity index (χ4n) is 2.51.